The van der Waals surface area contributed by atoms with Crippen LogP contribution in [0.1, 0.15) is 0 Å². The van der Waals surface area contributed by atoms with Crippen molar-refractivity contribution in [3.8, 4) is 0 Å². The SMILES string of the molecule is CN(CC(O)CCl)CC(F)(F)F. The molecule has 12 heavy (non-hydrogen) atoms. The number of hydrogen-bond acceptors (Lipinski definition) is 2. The van der Waals surface area contributed by atoms with Crippen LogP contribution in [0.2, 0.25) is 0 Å². The molecule has 0 rings (SSSR count). The first kappa shape index (κ1) is 12.0. The summed E-state index contributed by atoms with van der Waals surface area (Å²) in [7, 11) is 1.28. The van der Waals surface area contributed by atoms with Crippen molar-refractivity contribution >= 4 is 11.6 Å². The van der Waals surface area contributed by atoms with Gasteiger partial charge in [-0.25, -0.2) is 0 Å². The Kier molecular flexibility index (Phi) is 4.89. The molecule has 1 unspecified atom stereocenters. The van der Waals surface area contributed by atoms with Gasteiger partial charge in [-0.05, 0) is 7.05 Å². The maximum atomic E-state index is 11.7. The summed E-state index contributed by atoms with van der Waals surface area (Å²) in [5.74, 6) is -0.0534. The maximum absolute atomic E-state index is 11.7. The third-order valence-corrected chi connectivity index (χ3v) is 1.51. The fraction of sp³-hybridized carbons (Fsp3) is 1.00. The standard InChI is InChI=1S/C6H11ClF3NO/c1-11(3-5(12)2-7)4-6(8,9)10/h5,12H,2-4H2,1H3. The highest BCUT2D eigenvalue weighted by atomic mass is 35.5. The molecule has 0 aliphatic rings. The molecule has 6 heteroatoms. The first-order valence-electron chi connectivity index (χ1n) is 3.34. The van der Waals surface area contributed by atoms with Crippen molar-refractivity contribution in [1.29, 1.82) is 0 Å². The topological polar surface area (TPSA) is 23.5 Å². The van der Waals surface area contributed by atoms with E-state index in [-0.39, 0.29) is 12.4 Å². The number of halogens is 4. The summed E-state index contributed by atoms with van der Waals surface area (Å²) in [5, 5.41) is 8.88. The molecule has 0 radical (unpaired) electrons. The molecule has 1 atom stereocenters. The van der Waals surface area contributed by atoms with Gasteiger partial charge in [0, 0.05) is 12.4 Å². The molecule has 1 N–H and O–H groups in total. The van der Waals surface area contributed by atoms with Crippen molar-refractivity contribution in [2.75, 3.05) is 26.0 Å². The molecule has 0 amide bonds. The lowest BCUT2D eigenvalue weighted by Gasteiger charge is -2.20. The van der Waals surface area contributed by atoms with Gasteiger partial charge >= 0.3 is 6.18 Å². The largest absolute Gasteiger partial charge is 0.401 e. The molecule has 0 aliphatic heterocycles. The highest BCUT2D eigenvalue weighted by Gasteiger charge is 2.29. The number of aliphatic hydroxyl groups is 1. The quantitative estimate of drug-likeness (QED) is 0.695. The van der Waals surface area contributed by atoms with Gasteiger partial charge in [0.05, 0.1) is 12.6 Å². The van der Waals surface area contributed by atoms with Gasteiger partial charge < -0.3 is 5.11 Å². The minimum absolute atomic E-state index is 0.0534. The summed E-state index contributed by atoms with van der Waals surface area (Å²) < 4.78 is 35.1. The first-order valence-corrected chi connectivity index (χ1v) is 3.88. The predicted octanol–water partition coefficient (Wildman–Crippen LogP) is 1.08. The van der Waals surface area contributed by atoms with Crippen molar-refractivity contribution in [2.24, 2.45) is 0 Å². The Morgan fingerprint density at radius 1 is 1.50 bits per heavy atom. The third kappa shape index (κ3) is 6.69. The van der Waals surface area contributed by atoms with Crippen molar-refractivity contribution in [3.05, 3.63) is 0 Å². The van der Waals surface area contributed by atoms with Crippen LogP contribution in [0, 0.1) is 0 Å². The lowest BCUT2D eigenvalue weighted by atomic mass is 10.3. The Morgan fingerprint density at radius 3 is 2.33 bits per heavy atom. The first-order chi connectivity index (χ1) is 5.35. The molecule has 2 nitrogen and oxygen atoms in total. The fourth-order valence-electron chi connectivity index (χ4n) is 0.779. The van der Waals surface area contributed by atoms with Crippen LogP contribution in [0.15, 0.2) is 0 Å². The molecule has 0 aromatic heterocycles. The van der Waals surface area contributed by atoms with Crippen LogP contribution in [0.3, 0.4) is 0 Å². The van der Waals surface area contributed by atoms with Crippen LogP contribution in [0.5, 0.6) is 0 Å². The van der Waals surface area contributed by atoms with Crippen molar-refractivity contribution in [3.63, 3.8) is 0 Å². The molecule has 0 fully saturated rings. The molecule has 0 saturated heterocycles. The van der Waals surface area contributed by atoms with E-state index in [1.807, 2.05) is 0 Å². The minimum atomic E-state index is -4.22. The van der Waals surface area contributed by atoms with Crippen LogP contribution in [-0.2, 0) is 0 Å². The van der Waals surface area contributed by atoms with E-state index < -0.39 is 18.8 Å². The van der Waals surface area contributed by atoms with Gasteiger partial charge in [-0.3, -0.25) is 4.90 Å². The molecule has 0 heterocycles. The van der Waals surface area contributed by atoms with E-state index in [4.69, 9.17) is 16.7 Å². The third-order valence-electron chi connectivity index (χ3n) is 1.15. The Hall–Kier alpha value is -0.0000000000000000555. The number of likely N-dealkylation sites (N-methyl/N-ethyl adjacent to an activating group) is 1. The summed E-state index contributed by atoms with van der Waals surface area (Å²) in [6.07, 6.45) is -5.13. The predicted molar refractivity (Wildman–Crippen MR) is 40.3 cm³/mol. The molecular weight excluding hydrogens is 195 g/mol. The van der Waals surface area contributed by atoms with Gasteiger partial charge in [0.2, 0.25) is 0 Å². The van der Waals surface area contributed by atoms with E-state index in [1.54, 1.807) is 0 Å². The van der Waals surface area contributed by atoms with Crippen molar-refractivity contribution in [2.45, 2.75) is 12.3 Å². The molecular formula is C6H11ClF3NO. The highest BCUT2D eigenvalue weighted by Crippen LogP contribution is 2.15. The van der Waals surface area contributed by atoms with Crippen LogP contribution in [-0.4, -0.2) is 48.3 Å². The monoisotopic (exact) mass is 205 g/mol. The van der Waals surface area contributed by atoms with E-state index in [1.165, 1.54) is 7.05 Å². The summed E-state index contributed by atoms with van der Waals surface area (Å²) >= 11 is 5.21. The van der Waals surface area contributed by atoms with E-state index in [0.29, 0.717) is 0 Å². The normalized spacial score (nSPS) is 15.2. The van der Waals surface area contributed by atoms with Crippen LogP contribution >= 0.6 is 11.6 Å². The lowest BCUT2D eigenvalue weighted by Crippen LogP contribution is -2.37. The molecule has 0 aromatic rings. The van der Waals surface area contributed by atoms with Gasteiger partial charge in [0.15, 0.2) is 0 Å². The number of alkyl halides is 4. The number of hydrogen-bond donors (Lipinski definition) is 1. The van der Waals surface area contributed by atoms with Crippen LogP contribution in [0.25, 0.3) is 0 Å². The molecule has 0 aromatic carbocycles. The summed E-state index contributed by atoms with van der Waals surface area (Å²) in [5.41, 5.74) is 0. The van der Waals surface area contributed by atoms with E-state index in [2.05, 4.69) is 0 Å². The Morgan fingerprint density at radius 2 is 2.00 bits per heavy atom. The number of rotatable bonds is 4. The lowest BCUT2D eigenvalue weighted by molar-refractivity contribution is -0.144. The zero-order chi connectivity index (χ0) is 9.78. The van der Waals surface area contributed by atoms with Crippen LogP contribution < -0.4 is 0 Å². The average molecular weight is 206 g/mol. The molecule has 0 aliphatic carbocycles. The Bertz CT molecular complexity index is 130. The second-order valence-corrected chi connectivity index (χ2v) is 2.93. The Labute approximate surface area is 73.9 Å². The minimum Gasteiger partial charge on any atom is -0.391 e. The van der Waals surface area contributed by atoms with E-state index >= 15 is 0 Å². The van der Waals surface area contributed by atoms with Gasteiger partial charge in [-0.15, -0.1) is 11.6 Å². The zero-order valence-corrected chi connectivity index (χ0v) is 7.36. The summed E-state index contributed by atoms with van der Waals surface area (Å²) in [4.78, 5) is 0.979. The Balaban J connectivity index is 3.66. The van der Waals surface area contributed by atoms with Gasteiger partial charge in [0.1, 0.15) is 0 Å². The van der Waals surface area contributed by atoms with Crippen LogP contribution in [0.4, 0.5) is 13.2 Å². The highest BCUT2D eigenvalue weighted by molar-refractivity contribution is 6.18. The summed E-state index contributed by atoms with van der Waals surface area (Å²) in [6, 6.07) is 0. The van der Waals surface area contributed by atoms with Crippen molar-refractivity contribution < 1.29 is 18.3 Å². The average Bonchev–Trinajstić information content (AvgIpc) is 1.82. The number of nitrogens with zero attached hydrogens (tertiary/aromatic N) is 1. The van der Waals surface area contributed by atoms with E-state index in [0.717, 1.165) is 4.90 Å². The van der Waals surface area contributed by atoms with Gasteiger partial charge in [-0.2, -0.15) is 13.2 Å². The smallest absolute Gasteiger partial charge is 0.391 e. The second-order valence-electron chi connectivity index (χ2n) is 2.62. The van der Waals surface area contributed by atoms with Gasteiger partial charge in [-0.1, -0.05) is 0 Å². The second kappa shape index (κ2) is 4.89. The van der Waals surface area contributed by atoms with Crippen molar-refractivity contribution in [1.82, 2.24) is 4.90 Å². The molecule has 0 spiro atoms. The van der Waals surface area contributed by atoms with Gasteiger partial charge in [0.25, 0.3) is 0 Å². The molecule has 0 bridgehead atoms. The molecule has 74 valence electrons. The maximum Gasteiger partial charge on any atom is 0.401 e. The number of aliphatic hydroxyl groups excluding tert-OH is 1. The molecule has 0 saturated carbocycles. The zero-order valence-electron chi connectivity index (χ0n) is 6.60. The summed E-state index contributed by atoms with van der Waals surface area (Å²) in [6.45, 7) is -1.09. The fourth-order valence-corrected chi connectivity index (χ4v) is 0.877. The van der Waals surface area contributed by atoms with E-state index in [9.17, 15) is 13.2 Å².